The van der Waals surface area contributed by atoms with Gasteiger partial charge >= 0.3 is 21.3 Å². The number of aromatic nitrogens is 2. The van der Waals surface area contributed by atoms with Crippen molar-refractivity contribution in [2.75, 3.05) is 44.0 Å². The molecule has 21 heteroatoms. The number of phosphoric acid groups is 2. The lowest BCUT2D eigenvalue weighted by atomic mass is 10.0. The molecule has 1 amide bonds. The van der Waals surface area contributed by atoms with Crippen LogP contribution in [0, 0.1) is 17.8 Å². The number of aldehydes is 1. The van der Waals surface area contributed by atoms with Crippen LogP contribution in [-0.2, 0) is 43.6 Å². The van der Waals surface area contributed by atoms with Crippen LogP contribution in [-0.4, -0.2) is 98.4 Å². The van der Waals surface area contributed by atoms with E-state index in [1.807, 2.05) is 12.1 Å². The van der Waals surface area contributed by atoms with Crippen molar-refractivity contribution in [1.82, 2.24) is 14.9 Å². The third kappa shape index (κ3) is 14.3. The van der Waals surface area contributed by atoms with Gasteiger partial charge in [0.25, 0.3) is 0 Å². The van der Waals surface area contributed by atoms with Gasteiger partial charge in [-0.05, 0) is 42.7 Å². The second-order valence-corrected chi connectivity index (χ2v) is 15.7. The maximum atomic E-state index is 12.7. The van der Waals surface area contributed by atoms with E-state index in [1.54, 1.807) is 0 Å². The number of fused-ring (bicyclic) bond motifs is 2. The average molecular weight is 836 g/mol. The molecule has 0 radical (unpaired) electrons. The van der Waals surface area contributed by atoms with Gasteiger partial charge in [0.2, 0.25) is 5.91 Å². The molecule has 2 aromatic carbocycles. The number of nitrogens with two attached hydrogens (primary N) is 1. The van der Waals surface area contributed by atoms with E-state index in [4.69, 9.17) is 29.3 Å². The first kappa shape index (κ1) is 45.4. The van der Waals surface area contributed by atoms with Crippen LogP contribution in [0.4, 0.5) is 11.5 Å². The number of nitrogen functional groups attached to an aromatic ring is 1. The second-order valence-electron chi connectivity index (χ2n) is 13.1. The number of nitrogens with zero attached hydrogens (tertiary/aromatic N) is 3. The summed E-state index contributed by atoms with van der Waals surface area (Å²) >= 11 is 0. The van der Waals surface area contributed by atoms with Crippen molar-refractivity contribution in [1.29, 1.82) is 0 Å². The number of phosphoric ester groups is 2. The van der Waals surface area contributed by atoms with E-state index in [0.717, 1.165) is 28.4 Å². The van der Waals surface area contributed by atoms with E-state index in [-0.39, 0.29) is 24.6 Å². The van der Waals surface area contributed by atoms with Gasteiger partial charge in [-0.25, -0.2) is 13.9 Å². The highest BCUT2D eigenvalue weighted by molar-refractivity contribution is 7.47. The van der Waals surface area contributed by atoms with Crippen molar-refractivity contribution in [3.63, 3.8) is 0 Å². The average Bonchev–Trinajstić information content (AvgIpc) is 3.46. The molecule has 3 aromatic rings. The summed E-state index contributed by atoms with van der Waals surface area (Å²) < 4.78 is 44.5. The van der Waals surface area contributed by atoms with E-state index >= 15 is 0 Å². The first-order valence-electron chi connectivity index (χ1n) is 17.9. The van der Waals surface area contributed by atoms with Crippen LogP contribution in [0.2, 0.25) is 0 Å². The molecule has 57 heavy (non-hydrogen) atoms. The molecular formula is C36H47N5O14P2. The molecule has 0 spiro atoms. The molecule has 0 bridgehead atoms. The number of hydrogen-bond acceptors (Lipinski definition) is 14. The molecule has 310 valence electrons. The zero-order valence-corrected chi connectivity index (χ0v) is 32.8. The smallest absolute Gasteiger partial charge is 0.396 e. The molecular weight excluding hydrogens is 788 g/mol. The number of carbonyl (C=O) groups is 2. The van der Waals surface area contributed by atoms with Crippen LogP contribution < -0.4 is 21.6 Å². The molecule has 6 atom stereocenters. The highest BCUT2D eigenvalue weighted by Crippen LogP contribution is 2.49. The first-order valence-corrected chi connectivity index (χ1v) is 20.9. The van der Waals surface area contributed by atoms with Gasteiger partial charge < -0.3 is 50.4 Å². The zero-order valence-electron chi connectivity index (χ0n) is 31.0. The third-order valence-electron chi connectivity index (χ3n) is 8.75. The Bertz CT molecular complexity index is 2040. The molecule has 8 N–H and O–H groups in total. The maximum absolute atomic E-state index is 12.7. The molecule has 3 heterocycles. The normalized spacial score (nSPS) is 20.2. The van der Waals surface area contributed by atoms with Crippen LogP contribution in [0.5, 0.6) is 0 Å². The lowest BCUT2D eigenvalue weighted by Gasteiger charge is -2.24. The van der Waals surface area contributed by atoms with Crippen LogP contribution in [0.1, 0.15) is 55.0 Å². The molecule has 0 aliphatic carbocycles. The van der Waals surface area contributed by atoms with Gasteiger partial charge in [0.15, 0.2) is 6.23 Å². The Morgan fingerprint density at radius 2 is 1.79 bits per heavy atom. The number of para-hydroxylation sites is 1. The van der Waals surface area contributed by atoms with E-state index in [9.17, 15) is 38.6 Å². The van der Waals surface area contributed by atoms with Crippen LogP contribution in [0.25, 0.3) is 0 Å². The summed E-state index contributed by atoms with van der Waals surface area (Å²) in [4.78, 5) is 68.0. The van der Waals surface area contributed by atoms with Crippen molar-refractivity contribution in [3.05, 3.63) is 88.0 Å². The summed E-state index contributed by atoms with van der Waals surface area (Å²) in [6.07, 6.45) is -3.31. The van der Waals surface area contributed by atoms with E-state index in [1.165, 1.54) is 17.3 Å². The van der Waals surface area contributed by atoms with Crippen molar-refractivity contribution >= 4 is 39.3 Å². The lowest BCUT2D eigenvalue weighted by Crippen LogP contribution is -2.37. The summed E-state index contributed by atoms with van der Waals surface area (Å²) in [7, 11) is -7.87. The number of rotatable bonds is 18. The van der Waals surface area contributed by atoms with Crippen LogP contribution >= 0.6 is 15.6 Å². The highest BCUT2D eigenvalue weighted by atomic mass is 31.2. The topological polar surface area (TPSA) is 283 Å². The third-order valence-corrected chi connectivity index (χ3v) is 10.2. The Balaban J connectivity index is 0.000000346. The molecule has 5 rings (SSSR count). The number of carbonyl (C=O) groups excluding carboxylic acids is 2. The highest BCUT2D eigenvalue weighted by Gasteiger charge is 2.50. The summed E-state index contributed by atoms with van der Waals surface area (Å²) in [6.45, 7) is -0.501. The Morgan fingerprint density at radius 3 is 2.49 bits per heavy atom. The standard InChI is InChI=1S/C20H34N4O14P2.C16H13N/c21-15-6-8-24(20(29)23-15)19-17(28)18(14(37-19)12-35-39(30,31)32)38-40(33,34)36-11-13(10-26)4-1-2-7-22-16(27)5-3-9-25;1-17-12-15-8-3-2-6-13(15)10-11-14-7-4-5-9-16(14)17/h6,8-9,13-14,17-19,26,28H,1-5,7,10-12H2,(H,22,27)(H,33,34)(H2,21,23,29)(H2,30,31,32);2-9H,12H2,1H3. The number of aliphatic hydroxyl groups excluding tert-OH is 2. The molecule has 19 nitrogen and oxygen atoms in total. The molecule has 2 aliphatic heterocycles. The van der Waals surface area contributed by atoms with Crippen LogP contribution in [0.15, 0.2) is 65.6 Å². The Labute approximate surface area is 328 Å². The fourth-order valence-electron chi connectivity index (χ4n) is 5.85. The number of unbranched alkanes of at least 4 members (excludes halogenated alkanes) is 1. The van der Waals surface area contributed by atoms with E-state index < -0.39 is 71.6 Å². The van der Waals surface area contributed by atoms with Crippen molar-refractivity contribution in [2.45, 2.75) is 63.2 Å². The van der Waals surface area contributed by atoms with Gasteiger partial charge in [0.05, 0.1) is 18.9 Å². The minimum Gasteiger partial charge on any atom is -0.396 e. The number of anilines is 2. The summed E-state index contributed by atoms with van der Waals surface area (Å²) in [5.41, 5.74) is 9.22. The first-order chi connectivity index (χ1) is 27.1. The fraction of sp³-hybridized carbons (Fsp3) is 0.444. The minimum absolute atomic E-state index is 0.0871. The molecule has 1 saturated heterocycles. The fourth-order valence-corrected chi connectivity index (χ4v) is 7.22. The number of nitrogens with one attached hydrogen (secondary N) is 1. The van der Waals surface area contributed by atoms with Crippen molar-refractivity contribution in [2.24, 2.45) is 5.92 Å². The predicted molar refractivity (Wildman–Crippen MR) is 205 cm³/mol. The molecule has 6 unspecified atom stereocenters. The maximum Gasteiger partial charge on any atom is 0.472 e. The SMILES string of the molecule is CN1Cc2ccccc2C#Cc2ccccc21.Nc1ccn(C2OC(COP(=O)(O)O)C(OP(=O)(O)OCC(CO)CCCCNC(=O)CCC=O)C2O)c(=O)n1. The minimum atomic E-state index is -5.02. The molecule has 0 saturated carbocycles. The Morgan fingerprint density at radius 1 is 1.09 bits per heavy atom. The largest absolute Gasteiger partial charge is 0.472 e. The lowest BCUT2D eigenvalue weighted by molar-refractivity contribution is -0.122. The summed E-state index contributed by atoms with van der Waals surface area (Å²) in [6, 6.07) is 17.9. The van der Waals surface area contributed by atoms with Gasteiger partial charge in [-0.3, -0.25) is 22.9 Å². The second kappa shape index (κ2) is 21.5. The number of ether oxygens (including phenoxy) is 1. The number of hydrogen-bond donors (Lipinski definition) is 7. The quantitative estimate of drug-likeness (QED) is 0.0415. The zero-order chi connectivity index (χ0) is 41.6. The molecule has 1 aromatic heterocycles. The number of benzene rings is 2. The van der Waals surface area contributed by atoms with Gasteiger partial charge in [-0.15, -0.1) is 0 Å². The summed E-state index contributed by atoms with van der Waals surface area (Å²) in [5, 5.41) is 23.0. The van der Waals surface area contributed by atoms with Crippen molar-refractivity contribution in [3.8, 4) is 11.8 Å². The Hall–Kier alpha value is -4.28. The van der Waals surface area contributed by atoms with Gasteiger partial charge in [0, 0.05) is 62.8 Å². The number of amides is 1. The van der Waals surface area contributed by atoms with Gasteiger partial charge in [-0.1, -0.05) is 48.6 Å². The van der Waals surface area contributed by atoms with Crippen molar-refractivity contribution < 1.29 is 61.9 Å². The molecule has 2 aliphatic rings. The van der Waals surface area contributed by atoms with Crippen LogP contribution in [0.3, 0.4) is 0 Å². The number of aliphatic hydroxyl groups is 2. The monoisotopic (exact) mass is 835 g/mol. The molecule has 1 fully saturated rings. The van der Waals surface area contributed by atoms with Gasteiger partial charge in [0.1, 0.15) is 30.4 Å². The Kier molecular flexibility index (Phi) is 17.1. The van der Waals surface area contributed by atoms with E-state index in [0.29, 0.717) is 32.1 Å². The predicted octanol–water partition coefficient (Wildman–Crippen LogP) is 1.61. The summed E-state index contributed by atoms with van der Waals surface area (Å²) in [5.74, 6) is 5.53. The van der Waals surface area contributed by atoms with E-state index in [2.05, 4.69) is 75.0 Å². The van der Waals surface area contributed by atoms with Gasteiger partial charge in [-0.2, -0.15) is 4.98 Å².